The molecular formula is C15H27N3O4S. The summed E-state index contributed by atoms with van der Waals surface area (Å²) in [5.74, 6) is -1.07. The molecule has 0 bridgehead atoms. The van der Waals surface area contributed by atoms with Crippen molar-refractivity contribution in [1.29, 1.82) is 0 Å². The summed E-state index contributed by atoms with van der Waals surface area (Å²) < 4.78 is 0. The zero-order valence-corrected chi connectivity index (χ0v) is 14.8. The molecule has 1 rings (SSSR count). The van der Waals surface area contributed by atoms with Crippen LogP contribution >= 0.6 is 11.8 Å². The van der Waals surface area contributed by atoms with E-state index in [-0.39, 0.29) is 11.8 Å². The van der Waals surface area contributed by atoms with Gasteiger partial charge in [-0.05, 0) is 37.2 Å². The number of nitrogens with two attached hydrogens (primary N) is 1. The molecular weight excluding hydrogens is 318 g/mol. The highest BCUT2D eigenvalue weighted by Gasteiger charge is 2.37. The fourth-order valence-corrected chi connectivity index (χ4v) is 3.01. The Labute approximate surface area is 141 Å². The number of rotatable bonds is 8. The Hall–Kier alpha value is -1.28. The molecule has 0 aromatic carbocycles. The summed E-state index contributed by atoms with van der Waals surface area (Å²) in [4.78, 5) is 37.5. The van der Waals surface area contributed by atoms with E-state index in [0.29, 0.717) is 25.1 Å². The minimum Gasteiger partial charge on any atom is -0.480 e. The minimum atomic E-state index is -1.05. The third-order valence-electron chi connectivity index (χ3n) is 4.07. The summed E-state index contributed by atoms with van der Waals surface area (Å²) in [7, 11) is 0. The lowest BCUT2D eigenvalue weighted by atomic mass is 10.0. The number of aliphatic carboxylic acids is 1. The van der Waals surface area contributed by atoms with Gasteiger partial charge in [0.2, 0.25) is 11.8 Å². The number of thioether (sulfide) groups is 1. The first-order chi connectivity index (χ1) is 10.8. The molecule has 4 N–H and O–H groups in total. The van der Waals surface area contributed by atoms with E-state index in [0.717, 1.165) is 6.42 Å². The molecule has 0 unspecified atom stereocenters. The number of nitrogens with zero attached hydrogens (tertiary/aromatic N) is 1. The normalized spacial score (nSPS) is 20.4. The highest BCUT2D eigenvalue weighted by Crippen LogP contribution is 2.20. The molecule has 0 aromatic heterocycles. The lowest BCUT2D eigenvalue weighted by Crippen LogP contribution is -2.54. The van der Waals surface area contributed by atoms with E-state index in [4.69, 9.17) is 5.73 Å². The van der Waals surface area contributed by atoms with Gasteiger partial charge < -0.3 is 21.1 Å². The van der Waals surface area contributed by atoms with Crippen LogP contribution in [0.5, 0.6) is 0 Å². The number of amides is 2. The maximum Gasteiger partial charge on any atom is 0.326 e. The standard InChI is InChI=1S/C15H27N3O4S/c1-9(2)12(16)14(20)18-7-4-5-11(18)13(19)17-10(15(21)22)6-8-23-3/h9-12H,4-8,16H2,1-3H3,(H,17,19)(H,21,22)/t10-,11-,12-/m0/s1. The fraction of sp³-hybridized carbons (Fsp3) is 0.800. The van der Waals surface area contributed by atoms with Crippen LogP contribution in [0.1, 0.15) is 33.1 Å². The molecule has 23 heavy (non-hydrogen) atoms. The van der Waals surface area contributed by atoms with Crippen molar-refractivity contribution in [2.24, 2.45) is 11.7 Å². The number of carboxylic acid groups (broad SMARTS) is 1. The molecule has 0 saturated carbocycles. The number of nitrogens with one attached hydrogen (secondary N) is 1. The second-order valence-electron chi connectivity index (χ2n) is 6.14. The summed E-state index contributed by atoms with van der Waals surface area (Å²) in [6, 6.07) is -2.19. The largest absolute Gasteiger partial charge is 0.480 e. The molecule has 1 saturated heterocycles. The lowest BCUT2D eigenvalue weighted by Gasteiger charge is -2.28. The van der Waals surface area contributed by atoms with E-state index in [1.807, 2.05) is 20.1 Å². The Balaban J connectivity index is 2.73. The molecule has 0 aliphatic carbocycles. The van der Waals surface area contributed by atoms with Gasteiger partial charge in [-0.2, -0.15) is 11.8 Å². The Morgan fingerprint density at radius 3 is 2.57 bits per heavy atom. The lowest BCUT2D eigenvalue weighted by molar-refractivity contribution is -0.144. The smallest absolute Gasteiger partial charge is 0.326 e. The second-order valence-corrected chi connectivity index (χ2v) is 7.13. The molecule has 0 radical (unpaired) electrons. The molecule has 132 valence electrons. The van der Waals surface area contributed by atoms with E-state index >= 15 is 0 Å². The monoisotopic (exact) mass is 345 g/mol. The number of carbonyl (C=O) groups excluding carboxylic acids is 2. The quantitative estimate of drug-likeness (QED) is 0.582. The topological polar surface area (TPSA) is 113 Å². The summed E-state index contributed by atoms with van der Waals surface area (Å²) in [5, 5.41) is 11.8. The van der Waals surface area contributed by atoms with Gasteiger partial charge in [0.05, 0.1) is 6.04 Å². The molecule has 0 spiro atoms. The van der Waals surface area contributed by atoms with Gasteiger partial charge in [-0.25, -0.2) is 4.79 Å². The van der Waals surface area contributed by atoms with Crippen LogP contribution in [0.25, 0.3) is 0 Å². The van der Waals surface area contributed by atoms with Gasteiger partial charge in [-0.1, -0.05) is 13.8 Å². The van der Waals surface area contributed by atoms with Gasteiger partial charge in [0.1, 0.15) is 12.1 Å². The minimum absolute atomic E-state index is 0.0137. The summed E-state index contributed by atoms with van der Waals surface area (Å²) in [6.07, 6.45) is 3.49. The van der Waals surface area contributed by atoms with Gasteiger partial charge in [0.25, 0.3) is 0 Å². The van der Waals surface area contributed by atoms with Crippen LogP contribution in [0.15, 0.2) is 0 Å². The van der Waals surface area contributed by atoms with Crippen molar-refractivity contribution in [3.05, 3.63) is 0 Å². The molecule has 1 aliphatic heterocycles. The number of hydrogen-bond donors (Lipinski definition) is 3. The van der Waals surface area contributed by atoms with Crippen LogP contribution < -0.4 is 11.1 Å². The van der Waals surface area contributed by atoms with Crippen LogP contribution in [-0.4, -0.2) is 64.5 Å². The number of carbonyl (C=O) groups is 3. The summed E-state index contributed by atoms with van der Waals surface area (Å²) in [6.45, 7) is 4.20. The van der Waals surface area contributed by atoms with Crippen molar-refractivity contribution >= 4 is 29.5 Å². The van der Waals surface area contributed by atoms with Crippen molar-refractivity contribution in [3.63, 3.8) is 0 Å². The van der Waals surface area contributed by atoms with Crippen LogP contribution in [0, 0.1) is 5.92 Å². The first-order valence-electron chi connectivity index (χ1n) is 7.87. The van der Waals surface area contributed by atoms with Crippen molar-refractivity contribution in [2.75, 3.05) is 18.6 Å². The van der Waals surface area contributed by atoms with Gasteiger partial charge >= 0.3 is 5.97 Å². The van der Waals surface area contributed by atoms with Crippen molar-refractivity contribution in [2.45, 2.75) is 51.2 Å². The first-order valence-corrected chi connectivity index (χ1v) is 9.27. The number of hydrogen-bond acceptors (Lipinski definition) is 5. The van der Waals surface area contributed by atoms with E-state index in [2.05, 4.69) is 5.32 Å². The van der Waals surface area contributed by atoms with E-state index in [1.54, 1.807) is 0 Å². The zero-order chi connectivity index (χ0) is 17.6. The Kier molecular flexibility index (Phi) is 7.84. The summed E-state index contributed by atoms with van der Waals surface area (Å²) in [5.41, 5.74) is 5.90. The van der Waals surface area contributed by atoms with E-state index in [9.17, 15) is 19.5 Å². The number of carboxylic acids is 1. The SMILES string of the molecule is CSCC[C@H](NC(=O)[C@@H]1CCCN1C(=O)[C@@H](N)C(C)C)C(=O)O. The Bertz CT molecular complexity index is 444. The van der Waals surface area contributed by atoms with E-state index < -0.39 is 30.0 Å². The maximum absolute atomic E-state index is 12.4. The fourth-order valence-electron chi connectivity index (χ4n) is 2.54. The Morgan fingerprint density at radius 2 is 2.04 bits per heavy atom. The third kappa shape index (κ3) is 5.39. The molecule has 2 amide bonds. The molecule has 0 aromatic rings. The predicted octanol–water partition coefficient (Wildman–Crippen LogP) is 0.283. The highest BCUT2D eigenvalue weighted by atomic mass is 32.2. The number of likely N-dealkylation sites (tertiary alicyclic amines) is 1. The maximum atomic E-state index is 12.4. The highest BCUT2D eigenvalue weighted by molar-refractivity contribution is 7.98. The average molecular weight is 345 g/mol. The molecule has 8 heteroatoms. The van der Waals surface area contributed by atoms with Crippen molar-refractivity contribution in [3.8, 4) is 0 Å². The zero-order valence-electron chi connectivity index (χ0n) is 13.9. The summed E-state index contributed by atoms with van der Waals surface area (Å²) >= 11 is 1.52. The third-order valence-corrected chi connectivity index (χ3v) is 4.71. The second kappa shape index (κ2) is 9.12. The first kappa shape index (κ1) is 19.8. The molecule has 1 heterocycles. The molecule has 1 aliphatic rings. The van der Waals surface area contributed by atoms with Crippen LogP contribution in [0.2, 0.25) is 0 Å². The van der Waals surface area contributed by atoms with Gasteiger partial charge in [-0.3, -0.25) is 9.59 Å². The Morgan fingerprint density at radius 1 is 1.39 bits per heavy atom. The van der Waals surface area contributed by atoms with Crippen molar-refractivity contribution < 1.29 is 19.5 Å². The predicted molar refractivity (Wildman–Crippen MR) is 90.1 cm³/mol. The average Bonchev–Trinajstić information content (AvgIpc) is 2.98. The van der Waals surface area contributed by atoms with Gasteiger partial charge in [0, 0.05) is 6.54 Å². The molecule has 3 atom stereocenters. The van der Waals surface area contributed by atoms with E-state index in [1.165, 1.54) is 16.7 Å². The van der Waals surface area contributed by atoms with Gasteiger partial charge in [0.15, 0.2) is 0 Å². The molecule has 1 fully saturated rings. The van der Waals surface area contributed by atoms with Crippen LogP contribution in [0.3, 0.4) is 0 Å². The van der Waals surface area contributed by atoms with Crippen LogP contribution in [0.4, 0.5) is 0 Å². The van der Waals surface area contributed by atoms with Crippen LogP contribution in [-0.2, 0) is 14.4 Å². The molecule has 7 nitrogen and oxygen atoms in total. The van der Waals surface area contributed by atoms with Gasteiger partial charge in [-0.15, -0.1) is 0 Å². The van der Waals surface area contributed by atoms with Crippen molar-refractivity contribution in [1.82, 2.24) is 10.2 Å².